The van der Waals surface area contributed by atoms with E-state index in [1.165, 1.54) is 12.3 Å². The van der Waals surface area contributed by atoms with Crippen molar-refractivity contribution < 1.29 is 17.9 Å². The minimum atomic E-state index is -4.37. The fourth-order valence-electron chi connectivity index (χ4n) is 1.64. The molecular formula is C15H23F3N4O. The van der Waals surface area contributed by atoms with E-state index in [4.69, 9.17) is 0 Å². The topological polar surface area (TPSA) is 58.5 Å². The Labute approximate surface area is 134 Å². The number of nitrogens with one attached hydrogen (secondary N) is 2. The lowest BCUT2D eigenvalue weighted by atomic mass is 10.1. The number of hydrogen-bond acceptors (Lipinski definition) is 3. The van der Waals surface area contributed by atoms with Gasteiger partial charge in [0.1, 0.15) is 0 Å². The maximum Gasteiger partial charge on any atom is 0.422 e. The third-order valence-electron chi connectivity index (χ3n) is 2.88. The summed E-state index contributed by atoms with van der Waals surface area (Å²) in [7, 11) is 1.68. The number of rotatable bonds is 7. The Morgan fingerprint density at radius 1 is 1.30 bits per heavy atom. The van der Waals surface area contributed by atoms with Crippen molar-refractivity contribution in [3.63, 3.8) is 0 Å². The molecule has 0 saturated carbocycles. The van der Waals surface area contributed by atoms with Crippen molar-refractivity contribution in [1.82, 2.24) is 15.6 Å². The number of halogens is 3. The number of nitrogens with zero attached hydrogens (tertiary/aromatic N) is 2. The molecule has 1 rings (SSSR count). The predicted molar refractivity (Wildman–Crippen MR) is 83.4 cm³/mol. The molecule has 23 heavy (non-hydrogen) atoms. The van der Waals surface area contributed by atoms with Crippen LogP contribution in [0.25, 0.3) is 0 Å². The summed E-state index contributed by atoms with van der Waals surface area (Å²) >= 11 is 0. The second-order valence-corrected chi connectivity index (χ2v) is 5.44. The number of alkyl halides is 3. The van der Waals surface area contributed by atoms with E-state index in [-0.39, 0.29) is 5.88 Å². The number of ether oxygens (including phenoxy) is 1. The van der Waals surface area contributed by atoms with Crippen molar-refractivity contribution >= 4 is 5.96 Å². The predicted octanol–water partition coefficient (Wildman–Crippen LogP) is 2.73. The van der Waals surface area contributed by atoms with Gasteiger partial charge in [-0.25, -0.2) is 4.98 Å². The molecule has 0 saturated heterocycles. The second-order valence-electron chi connectivity index (χ2n) is 5.44. The van der Waals surface area contributed by atoms with Gasteiger partial charge in [0, 0.05) is 32.4 Å². The molecule has 0 aliphatic carbocycles. The largest absolute Gasteiger partial charge is 0.468 e. The first-order chi connectivity index (χ1) is 10.8. The maximum atomic E-state index is 12.0. The van der Waals surface area contributed by atoms with Crippen LogP contribution in [0.1, 0.15) is 25.8 Å². The van der Waals surface area contributed by atoms with E-state index in [1.807, 2.05) is 0 Å². The summed E-state index contributed by atoms with van der Waals surface area (Å²) in [6.07, 6.45) is -1.86. The minimum absolute atomic E-state index is 0.0504. The molecule has 8 heteroatoms. The summed E-state index contributed by atoms with van der Waals surface area (Å²) in [5.74, 6) is 1.22. The molecule has 5 nitrogen and oxygen atoms in total. The van der Waals surface area contributed by atoms with Gasteiger partial charge in [-0.15, -0.1) is 0 Å². The third-order valence-corrected chi connectivity index (χ3v) is 2.88. The molecule has 1 heterocycles. The first-order valence-corrected chi connectivity index (χ1v) is 7.39. The van der Waals surface area contributed by atoms with Gasteiger partial charge in [0.2, 0.25) is 5.88 Å². The number of guanidine groups is 1. The highest BCUT2D eigenvalue weighted by molar-refractivity contribution is 5.79. The molecule has 1 aromatic heterocycles. The van der Waals surface area contributed by atoms with Crippen molar-refractivity contribution in [3.8, 4) is 5.88 Å². The molecule has 0 bridgehead atoms. The molecule has 2 N–H and O–H groups in total. The van der Waals surface area contributed by atoms with Crippen LogP contribution in [0.5, 0.6) is 5.88 Å². The SMILES string of the molecule is CN=C(NCCC(C)C)NCc1ccc(OCC(F)(F)F)nc1. The van der Waals surface area contributed by atoms with E-state index in [1.54, 1.807) is 13.1 Å². The summed E-state index contributed by atoms with van der Waals surface area (Å²) in [5, 5.41) is 6.30. The molecule has 0 spiro atoms. The monoisotopic (exact) mass is 332 g/mol. The van der Waals surface area contributed by atoms with Crippen molar-refractivity contribution in [2.45, 2.75) is 33.0 Å². The number of aromatic nitrogens is 1. The van der Waals surface area contributed by atoms with Crippen LogP contribution < -0.4 is 15.4 Å². The van der Waals surface area contributed by atoms with Crippen molar-refractivity contribution in [1.29, 1.82) is 0 Å². The van der Waals surface area contributed by atoms with Crippen LogP contribution in [-0.4, -0.2) is 37.3 Å². The van der Waals surface area contributed by atoms with E-state index in [0.717, 1.165) is 18.5 Å². The zero-order chi connectivity index (χ0) is 17.3. The minimum Gasteiger partial charge on any atom is -0.468 e. The Balaban J connectivity index is 2.39. The van der Waals surface area contributed by atoms with Gasteiger partial charge in [-0.3, -0.25) is 4.99 Å². The second kappa shape index (κ2) is 9.22. The Morgan fingerprint density at radius 3 is 2.57 bits per heavy atom. The van der Waals surface area contributed by atoms with E-state index < -0.39 is 12.8 Å². The van der Waals surface area contributed by atoms with Gasteiger partial charge in [0.25, 0.3) is 0 Å². The molecule has 0 atom stereocenters. The molecule has 1 aromatic rings. The molecule has 0 aliphatic rings. The zero-order valence-corrected chi connectivity index (χ0v) is 13.6. The lowest BCUT2D eigenvalue weighted by Crippen LogP contribution is -2.37. The van der Waals surface area contributed by atoms with Gasteiger partial charge >= 0.3 is 6.18 Å². The first kappa shape index (κ1) is 19.1. The summed E-state index contributed by atoms with van der Waals surface area (Å²) < 4.78 is 40.7. The highest BCUT2D eigenvalue weighted by Crippen LogP contribution is 2.16. The van der Waals surface area contributed by atoms with Gasteiger partial charge in [-0.1, -0.05) is 19.9 Å². The van der Waals surface area contributed by atoms with E-state index in [0.29, 0.717) is 18.4 Å². The standard InChI is InChI=1S/C15H23F3N4O/c1-11(2)6-7-20-14(19-3)22-9-12-4-5-13(21-8-12)23-10-15(16,17)18/h4-5,8,11H,6-7,9-10H2,1-3H3,(H2,19,20,22). The maximum absolute atomic E-state index is 12.0. The third kappa shape index (κ3) is 8.90. The lowest BCUT2D eigenvalue weighted by Gasteiger charge is -2.13. The smallest absolute Gasteiger partial charge is 0.422 e. The van der Waals surface area contributed by atoms with Crippen LogP contribution in [0, 0.1) is 5.92 Å². The van der Waals surface area contributed by atoms with E-state index in [9.17, 15) is 13.2 Å². The summed E-state index contributed by atoms with van der Waals surface area (Å²) in [6, 6.07) is 3.07. The van der Waals surface area contributed by atoms with Crippen molar-refractivity contribution in [2.24, 2.45) is 10.9 Å². The number of hydrogen-bond donors (Lipinski definition) is 2. The Hall–Kier alpha value is -1.99. The molecule has 0 aromatic carbocycles. The van der Waals surface area contributed by atoms with E-state index in [2.05, 4.69) is 39.2 Å². The van der Waals surface area contributed by atoms with Crippen LogP contribution in [0.4, 0.5) is 13.2 Å². The van der Waals surface area contributed by atoms with Crippen LogP contribution in [0.3, 0.4) is 0 Å². The van der Waals surface area contributed by atoms with Gasteiger partial charge in [-0.05, 0) is 17.9 Å². The zero-order valence-electron chi connectivity index (χ0n) is 13.6. The van der Waals surface area contributed by atoms with Crippen LogP contribution in [0.15, 0.2) is 23.3 Å². The number of aliphatic imine (C=N–C) groups is 1. The Kier molecular flexibility index (Phi) is 7.64. The average molecular weight is 332 g/mol. The van der Waals surface area contributed by atoms with Gasteiger partial charge in [0.15, 0.2) is 12.6 Å². The fraction of sp³-hybridized carbons (Fsp3) is 0.600. The van der Waals surface area contributed by atoms with Gasteiger partial charge in [0.05, 0.1) is 0 Å². The summed E-state index contributed by atoms with van der Waals surface area (Å²) in [4.78, 5) is 7.95. The first-order valence-electron chi connectivity index (χ1n) is 7.39. The normalized spacial score (nSPS) is 12.4. The molecule has 0 fully saturated rings. The van der Waals surface area contributed by atoms with E-state index >= 15 is 0 Å². The van der Waals surface area contributed by atoms with Gasteiger partial charge in [-0.2, -0.15) is 13.2 Å². The van der Waals surface area contributed by atoms with Crippen molar-refractivity contribution in [2.75, 3.05) is 20.2 Å². The Bertz CT molecular complexity index is 486. The fourth-order valence-corrected chi connectivity index (χ4v) is 1.64. The Morgan fingerprint density at radius 2 is 2.04 bits per heavy atom. The summed E-state index contributed by atoms with van der Waals surface area (Å²) in [6.45, 7) is 4.23. The highest BCUT2D eigenvalue weighted by atomic mass is 19.4. The number of pyridine rings is 1. The van der Waals surface area contributed by atoms with Crippen molar-refractivity contribution in [3.05, 3.63) is 23.9 Å². The summed E-state index contributed by atoms with van der Waals surface area (Å²) in [5.41, 5.74) is 0.816. The molecule has 0 radical (unpaired) electrons. The molecule has 0 amide bonds. The quantitative estimate of drug-likeness (QED) is 0.595. The molecule has 0 aliphatic heterocycles. The lowest BCUT2D eigenvalue weighted by molar-refractivity contribution is -0.154. The molecule has 0 unspecified atom stereocenters. The van der Waals surface area contributed by atoms with Crippen LogP contribution in [-0.2, 0) is 6.54 Å². The van der Waals surface area contributed by atoms with Gasteiger partial charge < -0.3 is 15.4 Å². The average Bonchev–Trinajstić information content (AvgIpc) is 2.48. The highest BCUT2D eigenvalue weighted by Gasteiger charge is 2.28. The molecular weight excluding hydrogens is 309 g/mol. The van der Waals surface area contributed by atoms with Crippen LogP contribution >= 0.6 is 0 Å². The molecule has 130 valence electrons. The van der Waals surface area contributed by atoms with Crippen LogP contribution in [0.2, 0.25) is 0 Å².